The Morgan fingerprint density at radius 2 is 2.19 bits per heavy atom. The van der Waals surface area contributed by atoms with Gasteiger partial charge in [-0.15, -0.1) is 10.2 Å². The van der Waals surface area contributed by atoms with Crippen LogP contribution in [0, 0.1) is 6.92 Å². The molecule has 1 N–H and O–H groups in total. The van der Waals surface area contributed by atoms with Gasteiger partial charge in [0.25, 0.3) is 11.2 Å². The molecule has 3 rings (SSSR count). The molecule has 0 aliphatic carbocycles. The van der Waals surface area contributed by atoms with E-state index < -0.39 is 0 Å². The SMILES string of the molecule is CCNc1nc(Sc2nnc(C)o2)nc(-n2cccn2)n1. The molecule has 108 valence electrons. The van der Waals surface area contributed by atoms with Crippen LogP contribution in [0.1, 0.15) is 12.8 Å². The molecule has 0 unspecified atom stereocenters. The van der Waals surface area contributed by atoms with Crippen LogP contribution < -0.4 is 5.32 Å². The summed E-state index contributed by atoms with van der Waals surface area (Å²) >= 11 is 1.18. The van der Waals surface area contributed by atoms with E-state index >= 15 is 0 Å². The highest BCUT2D eigenvalue weighted by Crippen LogP contribution is 2.24. The minimum atomic E-state index is 0.382. The Morgan fingerprint density at radius 3 is 2.86 bits per heavy atom. The molecule has 21 heavy (non-hydrogen) atoms. The highest BCUT2D eigenvalue weighted by Gasteiger charge is 2.12. The molecule has 0 amide bonds. The number of hydrogen-bond donors (Lipinski definition) is 1. The van der Waals surface area contributed by atoms with Crippen LogP contribution in [0.4, 0.5) is 5.95 Å². The van der Waals surface area contributed by atoms with Gasteiger partial charge in [-0.25, -0.2) is 4.68 Å². The van der Waals surface area contributed by atoms with Crippen LogP contribution >= 0.6 is 11.8 Å². The summed E-state index contributed by atoms with van der Waals surface area (Å²) in [6.45, 7) is 4.39. The summed E-state index contributed by atoms with van der Waals surface area (Å²) in [6.07, 6.45) is 3.42. The van der Waals surface area contributed by atoms with Crippen LogP contribution in [-0.4, -0.2) is 41.5 Å². The summed E-state index contributed by atoms with van der Waals surface area (Å²) in [5, 5.41) is 15.7. The minimum Gasteiger partial charge on any atom is -0.416 e. The summed E-state index contributed by atoms with van der Waals surface area (Å²) in [6, 6.07) is 1.80. The van der Waals surface area contributed by atoms with E-state index in [1.807, 2.05) is 6.92 Å². The van der Waals surface area contributed by atoms with Crippen molar-refractivity contribution in [3.05, 3.63) is 24.4 Å². The van der Waals surface area contributed by atoms with Crippen molar-refractivity contribution in [3.8, 4) is 5.95 Å². The first-order valence-electron chi connectivity index (χ1n) is 6.22. The number of aromatic nitrogens is 7. The van der Waals surface area contributed by atoms with Crippen LogP contribution in [0.25, 0.3) is 5.95 Å². The molecule has 0 aliphatic heterocycles. The lowest BCUT2D eigenvalue weighted by Crippen LogP contribution is -2.09. The average molecular weight is 304 g/mol. The summed E-state index contributed by atoms with van der Waals surface area (Å²) in [4.78, 5) is 12.9. The van der Waals surface area contributed by atoms with E-state index in [-0.39, 0.29) is 0 Å². The maximum absolute atomic E-state index is 5.32. The van der Waals surface area contributed by atoms with Crippen LogP contribution in [-0.2, 0) is 0 Å². The number of nitrogens with one attached hydrogen (secondary N) is 1. The van der Waals surface area contributed by atoms with Crippen molar-refractivity contribution >= 4 is 17.7 Å². The second kappa shape index (κ2) is 5.87. The second-order valence-corrected chi connectivity index (χ2v) is 4.83. The van der Waals surface area contributed by atoms with Crippen molar-refractivity contribution in [1.82, 2.24) is 34.9 Å². The zero-order valence-electron chi connectivity index (χ0n) is 11.4. The lowest BCUT2D eigenvalue weighted by Gasteiger charge is -2.06. The topological polar surface area (TPSA) is 107 Å². The summed E-state index contributed by atoms with van der Waals surface area (Å²) < 4.78 is 6.88. The van der Waals surface area contributed by atoms with Crippen LogP contribution in [0.5, 0.6) is 0 Å². The van der Waals surface area contributed by atoms with Crippen LogP contribution in [0.15, 0.2) is 33.3 Å². The van der Waals surface area contributed by atoms with E-state index in [0.29, 0.717) is 34.7 Å². The molecule has 0 radical (unpaired) electrons. The van der Waals surface area contributed by atoms with Crippen molar-refractivity contribution in [2.75, 3.05) is 11.9 Å². The van der Waals surface area contributed by atoms with E-state index in [9.17, 15) is 0 Å². The quantitative estimate of drug-likeness (QED) is 0.746. The molecule has 0 aliphatic rings. The fourth-order valence-corrected chi connectivity index (χ4v) is 2.18. The van der Waals surface area contributed by atoms with Crippen molar-refractivity contribution in [2.24, 2.45) is 0 Å². The first-order chi connectivity index (χ1) is 10.2. The highest BCUT2D eigenvalue weighted by atomic mass is 32.2. The number of nitrogens with zero attached hydrogens (tertiary/aromatic N) is 7. The smallest absolute Gasteiger partial charge is 0.284 e. The summed E-state index contributed by atoms with van der Waals surface area (Å²) in [5.41, 5.74) is 0. The predicted octanol–water partition coefficient (Wildman–Crippen LogP) is 1.33. The third-order valence-electron chi connectivity index (χ3n) is 2.33. The third kappa shape index (κ3) is 3.16. The molecular formula is C11H12N8OS. The van der Waals surface area contributed by atoms with Gasteiger partial charge in [-0.1, -0.05) is 0 Å². The van der Waals surface area contributed by atoms with Gasteiger partial charge in [0.2, 0.25) is 17.0 Å². The number of aryl methyl sites for hydroxylation is 1. The molecule has 0 spiro atoms. The van der Waals surface area contributed by atoms with E-state index in [1.54, 1.807) is 30.1 Å². The van der Waals surface area contributed by atoms with Crippen molar-refractivity contribution in [3.63, 3.8) is 0 Å². The molecule has 9 nitrogen and oxygen atoms in total. The third-order valence-corrected chi connectivity index (χ3v) is 3.04. The molecule has 0 saturated carbocycles. The van der Waals surface area contributed by atoms with Gasteiger partial charge in [0, 0.05) is 37.6 Å². The lowest BCUT2D eigenvalue weighted by atomic mass is 10.7. The van der Waals surface area contributed by atoms with Gasteiger partial charge in [-0.2, -0.15) is 20.1 Å². The molecule has 0 bridgehead atoms. The first kappa shape index (κ1) is 13.5. The lowest BCUT2D eigenvalue weighted by molar-refractivity contribution is 0.429. The Balaban J connectivity index is 1.95. The largest absolute Gasteiger partial charge is 0.416 e. The number of rotatable bonds is 5. The molecule has 0 aromatic carbocycles. The van der Waals surface area contributed by atoms with Gasteiger partial charge in [-0.05, 0) is 13.0 Å². The standard InChI is InChI=1S/C11H12N8OS/c1-3-12-8-14-9(19-6-4-5-13-19)16-10(15-8)21-11-18-17-7(2)20-11/h4-6H,3H2,1-2H3,(H,12,14,15,16). The normalized spacial score (nSPS) is 10.8. The Bertz CT molecular complexity index is 726. The second-order valence-electron chi connectivity index (χ2n) is 3.91. The molecule has 3 aromatic heterocycles. The maximum Gasteiger partial charge on any atom is 0.284 e. The first-order valence-corrected chi connectivity index (χ1v) is 7.04. The van der Waals surface area contributed by atoms with E-state index in [0.717, 1.165) is 0 Å². The fraction of sp³-hybridized carbons (Fsp3) is 0.273. The van der Waals surface area contributed by atoms with Gasteiger partial charge in [-0.3, -0.25) is 0 Å². The molecule has 0 atom stereocenters. The van der Waals surface area contributed by atoms with E-state index in [1.165, 1.54) is 11.8 Å². The van der Waals surface area contributed by atoms with E-state index in [4.69, 9.17) is 4.42 Å². The van der Waals surface area contributed by atoms with Gasteiger partial charge < -0.3 is 9.73 Å². The molecule has 10 heteroatoms. The van der Waals surface area contributed by atoms with Gasteiger partial charge in [0.15, 0.2) is 0 Å². The monoisotopic (exact) mass is 304 g/mol. The van der Waals surface area contributed by atoms with Gasteiger partial charge in [0.1, 0.15) is 0 Å². The predicted molar refractivity (Wildman–Crippen MR) is 74.3 cm³/mol. The van der Waals surface area contributed by atoms with Gasteiger partial charge >= 0.3 is 0 Å². The molecule has 0 fully saturated rings. The minimum absolute atomic E-state index is 0.382. The fourth-order valence-electron chi connectivity index (χ4n) is 1.52. The zero-order valence-corrected chi connectivity index (χ0v) is 12.2. The highest BCUT2D eigenvalue weighted by molar-refractivity contribution is 7.98. The maximum atomic E-state index is 5.32. The molecule has 0 saturated heterocycles. The van der Waals surface area contributed by atoms with Gasteiger partial charge in [0.05, 0.1) is 0 Å². The molecule has 3 heterocycles. The Labute approximate surface area is 124 Å². The number of anilines is 1. The Hall–Kier alpha value is -2.49. The Kier molecular flexibility index (Phi) is 3.77. The molecular weight excluding hydrogens is 292 g/mol. The zero-order chi connectivity index (χ0) is 14.7. The summed E-state index contributed by atoms with van der Waals surface area (Å²) in [5.74, 6) is 1.38. The summed E-state index contributed by atoms with van der Waals surface area (Å²) in [7, 11) is 0. The Morgan fingerprint density at radius 1 is 1.29 bits per heavy atom. The van der Waals surface area contributed by atoms with Crippen molar-refractivity contribution in [1.29, 1.82) is 0 Å². The number of hydrogen-bond acceptors (Lipinski definition) is 9. The van der Waals surface area contributed by atoms with E-state index in [2.05, 4.69) is 35.6 Å². The molecule has 3 aromatic rings. The van der Waals surface area contributed by atoms with Crippen molar-refractivity contribution in [2.45, 2.75) is 24.2 Å². The average Bonchev–Trinajstić information content (AvgIpc) is 3.11. The van der Waals surface area contributed by atoms with Crippen LogP contribution in [0.3, 0.4) is 0 Å². The van der Waals surface area contributed by atoms with Crippen molar-refractivity contribution < 1.29 is 4.42 Å². The van der Waals surface area contributed by atoms with Crippen LogP contribution in [0.2, 0.25) is 0 Å².